The van der Waals surface area contributed by atoms with Gasteiger partial charge >= 0.3 is 0 Å². The van der Waals surface area contributed by atoms with Crippen molar-refractivity contribution in [2.24, 2.45) is 5.92 Å². The zero-order chi connectivity index (χ0) is 14.7. The lowest BCUT2D eigenvalue weighted by Gasteiger charge is -2.17. The molecule has 1 aromatic carbocycles. The van der Waals surface area contributed by atoms with E-state index in [9.17, 15) is 0 Å². The molecule has 1 fully saturated rings. The summed E-state index contributed by atoms with van der Waals surface area (Å²) in [5.41, 5.74) is 2.65. The lowest BCUT2D eigenvalue weighted by atomic mass is 10.0. The monoisotopic (exact) mass is 300 g/mol. The Kier molecular flexibility index (Phi) is 4.71. The standard InChI is InChI=1S/C18H24N2S/c1-3-9-19-17(11-18-20-13(2)12-21-18)16-10-15(16)14-7-5-4-6-8-14/h4-8,12,15-17,19H,3,9-11H2,1-2H3. The van der Waals surface area contributed by atoms with E-state index >= 15 is 0 Å². The first-order valence-corrected chi connectivity index (χ1v) is 8.85. The summed E-state index contributed by atoms with van der Waals surface area (Å²) in [6, 6.07) is 11.5. The zero-order valence-electron chi connectivity index (χ0n) is 12.9. The van der Waals surface area contributed by atoms with Crippen LogP contribution >= 0.6 is 11.3 Å². The number of thiazole rings is 1. The summed E-state index contributed by atoms with van der Waals surface area (Å²) in [5, 5.41) is 7.19. The second-order valence-electron chi connectivity index (χ2n) is 6.06. The Balaban J connectivity index is 1.66. The largest absolute Gasteiger partial charge is 0.313 e. The molecule has 3 heteroatoms. The summed E-state index contributed by atoms with van der Waals surface area (Å²) in [6.45, 7) is 5.42. The predicted octanol–water partition coefficient (Wildman–Crippen LogP) is 4.17. The molecular formula is C18H24N2S. The van der Waals surface area contributed by atoms with Gasteiger partial charge in [0.1, 0.15) is 0 Å². The molecule has 0 spiro atoms. The Morgan fingerprint density at radius 3 is 2.81 bits per heavy atom. The maximum Gasteiger partial charge on any atom is 0.0943 e. The van der Waals surface area contributed by atoms with Gasteiger partial charge in [-0.05, 0) is 43.7 Å². The SMILES string of the molecule is CCCNC(Cc1nc(C)cs1)C1CC1c1ccccc1. The smallest absolute Gasteiger partial charge is 0.0943 e. The number of hydrogen-bond acceptors (Lipinski definition) is 3. The van der Waals surface area contributed by atoms with Crippen LogP contribution in [0.3, 0.4) is 0 Å². The molecular weight excluding hydrogens is 276 g/mol. The van der Waals surface area contributed by atoms with Crippen molar-refractivity contribution in [3.05, 3.63) is 52.0 Å². The van der Waals surface area contributed by atoms with E-state index in [0.29, 0.717) is 6.04 Å². The summed E-state index contributed by atoms with van der Waals surface area (Å²) in [7, 11) is 0. The van der Waals surface area contributed by atoms with E-state index in [-0.39, 0.29) is 0 Å². The molecule has 21 heavy (non-hydrogen) atoms. The minimum absolute atomic E-state index is 0.570. The zero-order valence-corrected chi connectivity index (χ0v) is 13.7. The lowest BCUT2D eigenvalue weighted by Crippen LogP contribution is -2.34. The van der Waals surface area contributed by atoms with Crippen molar-refractivity contribution in [3.8, 4) is 0 Å². The molecule has 2 aromatic rings. The average molecular weight is 300 g/mol. The maximum atomic E-state index is 4.65. The molecule has 1 saturated carbocycles. The van der Waals surface area contributed by atoms with Crippen LogP contribution in [0.25, 0.3) is 0 Å². The van der Waals surface area contributed by atoms with E-state index < -0.39 is 0 Å². The van der Waals surface area contributed by atoms with Crippen molar-refractivity contribution in [1.29, 1.82) is 0 Å². The van der Waals surface area contributed by atoms with Crippen LogP contribution < -0.4 is 5.32 Å². The molecule has 3 rings (SSSR count). The predicted molar refractivity (Wildman–Crippen MR) is 89.9 cm³/mol. The number of nitrogens with zero attached hydrogens (tertiary/aromatic N) is 1. The Morgan fingerprint density at radius 2 is 2.14 bits per heavy atom. The molecule has 1 heterocycles. The highest BCUT2D eigenvalue weighted by Crippen LogP contribution is 2.50. The van der Waals surface area contributed by atoms with Crippen LogP contribution in [0.2, 0.25) is 0 Å². The first-order chi connectivity index (χ1) is 10.3. The van der Waals surface area contributed by atoms with Gasteiger partial charge in [-0.3, -0.25) is 0 Å². The fraction of sp³-hybridized carbons (Fsp3) is 0.500. The normalized spacial score (nSPS) is 22.2. The second kappa shape index (κ2) is 6.71. The van der Waals surface area contributed by atoms with Crippen LogP contribution in [0, 0.1) is 12.8 Å². The van der Waals surface area contributed by atoms with Crippen LogP contribution in [-0.2, 0) is 6.42 Å². The van der Waals surface area contributed by atoms with Crippen molar-refractivity contribution in [2.45, 2.75) is 45.1 Å². The topological polar surface area (TPSA) is 24.9 Å². The summed E-state index contributed by atoms with van der Waals surface area (Å²) >= 11 is 1.80. The summed E-state index contributed by atoms with van der Waals surface area (Å²) in [6.07, 6.45) is 3.58. The Bertz CT molecular complexity index is 564. The average Bonchev–Trinajstić information content (AvgIpc) is 3.21. The Morgan fingerprint density at radius 1 is 1.33 bits per heavy atom. The van der Waals surface area contributed by atoms with Crippen molar-refractivity contribution >= 4 is 11.3 Å². The number of aryl methyl sites for hydroxylation is 1. The molecule has 1 aromatic heterocycles. The van der Waals surface area contributed by atoms with E-state index in [1.807, 2.05) is 0 Å². The number of aromatic nitrogens is 1. The van der Waals surface area contributed by atoms with Crippen LogP contribution in [0.15, 0.2) is 35.7 Å². The molecule has 3 atom stereocenters. The maximum absolute atomic E-state index is 4.65. The fourth-order valence-electron chi connectivity index (χ4n) is 3.13. The molecule has 112 valence electrons. The molecule has 1 N–H and O–H groups in total. The minimum Gasteiger partial charge on any atom is -0.313 e. The minimum atomic E-state index is 0.570. The van der Waals surface area contributed by atoms with Gasteiger partial charge in [0, 0.05) is 23.5 Å². The molecule has 0 aliphatic heterocycles. The van der Waals surface area contributed by atoms with Crippen molar-refractivity contribution in [3.63, 3.8) is 0 Å². The van der Waals surface area contributed by atoms with Gasteiger partial charge < -0.3 is 5.32 Å². The summed E-state index contributed by atoms with van der Waals surface area (Å²) < 4.78 is 0. The third-order valence-corrected chi connectivity index (χ3v) is 5.29. The van der Waals surface area contributed by atoms with E-state index in [2.05, 4.69) is 59.9 Å². The third-order valence-electron chi connectivity index (χ3n) is 4.30. The van der Waals surface area contributed by atoms with Crippen molar-refractivity contribution in [2.75, 3.05) is 6.54 Å². The molecule has 1 aliphatic carbocycles. The van der Waals surface area contributed by atoms with E-state index in [1.165, 1.54) is 23.4 Å². The van der Waals surface area contributed by atoms with Crippen LogP contribution in [-0.4, -0.2) is 17.6 Å². The highest BCUT2D eigenvalue weighted by atomic mass is 32.1. The van der Waals surface area contributed by atoms with Gasteiger partial charge in [-0.2, -0.15) is 0 Å². The number of nitrogens with one attached hydrogen (secondary N) is 1. The number of hydrogen-bond donors (Lipinski definition) is 1. The fourth-order valence-corrected chi connectivity index (χ4v) is 3.96. The van der Waals surface area contributed by atoms with Gasteiger partial charge in [-0.1, -0.05) is 37.3 Å². The van der Waals surface area contributed by atoms with Gasteiger partial charge in [-0.15, -0.1) is 11.3 Å². The number of benzene rings is 1. The van der Waals surface area contributed by atoms with E-state index in [4.69, 9.17) is 0 Å². The van der Waals surface area contributed by atoms with Crippen molar-refractivity contribution < 1.29 is 0 Å². The molecule has 0 bridgehead atoms. The molecule has 1 aliphatic rings. The van der Waals surface area contributed by atoms with Gasteiger partial charge in [0.25, 0.3) is 0 Å². The second-order valence-corrected chi connectivity index (χ2v) is 7.01. The molecule has 0 saturated heterocycles. The van der Waals surface area contributed by atoms with Crippen LogP contribution in [0.5, 0.6) is 0 Å². The first kappa shape index (κ1) is 14.7. The third kappa shape index (κ3) is 3.72. The number of rotatable bonds is 7. The van der Waals surface area contributed by atoms with E-state index in [1.54, 1.807) is 11.3 Å². The lowest BCUT2D eigenvalue weighted by molar-refractivity contribution is 0.452. The first-order valence-electron chi connectivity index (χ1n) is 7.97. The van der Waals surface area contributed by atoms with Crippen LogP contribution in [0.4, 0.5) is 0 Å². The quantitative estimate of drug-likeness (QED) is 0.830. The van der Waals surface area contributed by atoms with Crippen LogP contribution in [0.1, 0.15) is 41.9 Å². The van der Waals surface area contributed by atoms with Gasteiger partial charge in [0.15, 0.2) is 0 Å². The summed E-state index contributed by atoms with van der Waals surface area (Å²) in [4.78, 5) is 4.65. The van der Waals surface area contributed by atoms with Gasteiger partial charge in [0.05, 0.1) is 5.01 Å². The molecule has 3 unspecified atom stereocenters. The van der Waals surface area contributed by atoms with Gasteiger partial charge in [0.2, 0.25) is 0 Å². The molecule has 0 amide bonds. The highest BCUT2D eigenvalue weighted by molar-refractivity contribution is 7.09. The molecule has 2 nitrogen and oxygen atoms in total. The Labute approximate surface area is 131 Å². The molecule has 0 radical (unpaired) electrons. The summed E-state index contributed by atoms with van der Waals surface area (Å²) in [5.74, 6) is 1.50. The Hall–Kier alpha value is -1.19. The van der Waals surface area contributed by atoms with Crippen molar-refractivity contribution in [1.82, 2.24) is 10.3 Å². The van der Waals surface area contributed by atoms with Gasteiger partial charge in [-0.25, -0.2) is 4.98 Å². The van der Waals surface area contributed by atoms with E-state index in [0.717, 1.165) is 30.5 Å². The highest BCUT2D eigenvalue weighted by Gasteiger charge is 2.43.